The molecule has 0 saturated heterocycles. The van der Waals surface area contributed by atoms with E-state index in [0.29, 0.717) is 6.04 Å². The highest BCUT2D eigenvalue weighted by Gasteiger charge is 2.12. The minimum absolute atomic E-state index is 0.417. The molecule has 0 spiro atoms. The third-order valence-corrected chi connectivity index (χ3v) is 4.88. The fourth-order valence-electron chi connectivity index (χ4n) is 2.31. The smallest absolute Gasteiger partial charge is 0.0705 e. The van der Waals surface area contributed by atoms with E-state index in [9.17, 15) is 0 Å². The number of nitrogens with one attached hydrogen (secondary N) is 1. The molecule has 2 rings (SSSR count). The van der Waals surface area contributed by atoms with E-state index in [0.717, 1.165) is 30.2 Å². The lowest BCUT2D eigenvalue weighted by Gasteiger charge is -2.19. The molecule has 0 bridgehead atoms. The molecule has 0 aliphatic heterocycles. The number of hydrogen-bond acceptors (Lipinski definition) is 3. The van der Waals surface area contributed by atoms with Crippen LogP contribution in [0.2, 0.25) is 0 Å². The van der Waals surface area contributed by atoms with Crippen molar-refractivity contribution in [1.82, 2.24) is 10.3 Å². The lowest BCUT2D eigenvalue weighted by Crippen LogP contribution is -2.24. The van der Waals surface area contributed by atoms with Crippen LogP contribution in [0, 0.1) is 5.92 Å². The molecule has 2 aromatic rings. The lowest BCUT2D eigenvalue weighted by molar-refractivity contribution is 0.577. The molecule has 0 saturated carbocycles. The van der Waals surface area contributed by atoms with Crippen LogP contribution in [0.3, 0.4) is 0 Å². The molecule has 1 N–H and O–H groups in total. The van der Waals surface area contributed by atoms with Crippen molar-refractivity contribution in [2.75, 3.05) is 18.1 Å². The largest absolute Gasteiger partial charge is 0.309 e. The lowest BCUT2D eigenvalue weighted by atomic mass is 10.1. The molecule has 0 fully saturated rings. The Labute approximate surface area is 132 Å². The maximum Gasteiger partial charge on any atom is 0.0705 e. The number of rotatable bonds is 8. The van der Waals surface area contributed by atoms with Gasteiger partial charge in [0.15, 0.2) is 0 Å². The zero-order valence-electron chi connectivity index (χ0n) is 13.3. The number of nitrogens with zero attached hydrogens (tertiary/aromatic N) is 1. The number of benzene rings is 1. The average Bonchev–Trinajstić information content (AvgIpc) is 2.50. The van der Waals surface area contributed by atoms with E-state index in [-0.39, 0.29) is 0 Å². The molecule has 0 aliphatic carbocycles. The van der Waals surface area contributed by atoms with E-state index in [2.05, 4.69) is 55.3 Å². The molecule has 0 radical (unpaired) electrons. The SMILES string of the molecule is CCCNC(CSCC(C)C)c1ccc2cccnc2c1. The van der Waals surface area contributed by atoms with E-state index in [1.807, 2.05) is 24.0 Å². The minimum Gasteiger partial charge on any atom is -0.309 e. The molecule has 3 heteroatoms. The van der Waals surface area contributed by atoms with Crippen LogP contribution in [-0.4, -0.2) is 23.0 Å². The van der Waals surface area contributed by atoms with Crippen molar-refractivity contribution in [2.45, 2.75) is 33.2 Å². The van der Waals surface area contributed by atoms with Gasteiger partial charge in [-0.05, 0) is 42.3 Å². The van der Waals surface area contributed by atoms with Crippen LogP contribution in [0.5, 0.6) is 0 Å². The molecule has 0 aliphatic rings. The molecule has 1 aromatic carbocycles. The molecular weight excluding hydrogens is 276 g/mol. The van der Waals surface area contributed by atoms with Gasteiger partial charge < -0.3 is 5.32 Å². The Bertz CT molecular complexity index is 554. The highest BCUT2D eigenvalue weighted by atomic mass is 32.2. The summed E-state index contributed by atoms with van der Waals surface area (Å²) >= 11 is 2.04. The van der Waals surface area contributed by atoms with Gasteiger partial charge in [-0.15, -0.1) is 0 Å². The second-order valence-corrected chi connectivity index (χ2v) is 6.97. The summed E-state index contributed by atoms with van der Waals surface area (Å²) in [5, 5.41) is 4.89. The van der Waals surface area contributed by atoms with Crippen molar-refractivity contribution in [3.8, 4) is 0 Å². The third-order valence-electron chi connectivity index (χ3n) is 3.41. The summed E-state index contributed by atoms with van der Waals surface area (Å²) in [5.41, 5.74) is 2.44. The van der Waals surface area contributed by atoms with E-state index < -0.39 is 0 Å². The predicted octanol–water partition coefficient (Wildman–Crippen LogP) is 4.66. The maximum absolute atomic E-state index is 4.48. The van der Waals surface area contributed by atoms with Gasteiger partial charge >= 0.3 is 0 Å². The maximum atomic E-state index is 4.48. The summed E-state index contributed by atoms with van der Waals surface area (Å²) in [6, 6.07) is 11.2. The Morgan fingerprint density at radius 1 is 1.19 bits per heavy atom. The zero-order valence-corrected chi connectivity index (χ0v) is 14.1. The van der Waals surface area contributed by atoms with Crippen LogP contribution in [0.4, 0.5) is 0 Å². The third kappa shape index (κ3) is 5.01. The van der Waals surface area contributed by atoms with Gasteiger partial charge in [-0.25, -0.2) is 0 Å². The molecule has 2 nitrogen and oxygen atoms in total. The topological polar surface area (TPSA) is 24.9 Å². The van der Waals surface area contributed by atoms with Gasteiger partial charge in [0.05, 0.1) is 5.52 Å². The van der Waals surface area contributed by atoms with Gasteiger partial charge in [0.2, 0.25) is 0 Å². The van der Waals surface area contributed by atoms with Crippen molar-refractivity contribution in [3.05, 3.63) is 42.1 Å². The van der Waals surface area contributed by atoms with Crippen molar-refractivity contribution in [2.24, 2.45) is 5.92 Å². The Morgan fingerprint density at radius 3 is 2.81 bits per heavy atom. The summed E-state index contributed by atoms with van der Waals surface area (Å²) in [4.78, 5) is 4.48. The Hall–Kier alpha value is -1.06. The summed E-state index contributed by atoms with van der Waals surface area (Å²) in [5.74, 6) is 3.09. The number of aromatic nitrogens is 1. The van der Waals surface area contributed by atoms with Gasteiger partial charge in [0.25, 0.3) is 0 Å². The van der Waals surface area contributed by atoms with Crippen LogP contribution in [0.15, 0.2) is 36.5 Å². The highest BCUT2D eigenvalue weighted by molar-refractivity contribution is 7.99. The molecule has 0 amide bonds. The first-order valence-electron chi connectivity index (χ1n) is 7.86. The van der Waals surface area contributed by atoms with E-state index >= 15 is 0 Å². The Morgan fingerprint density at radius 2 is 2.05 bits per heavy atom. The summed E-state index contributed by atoms with van der Waals surface area (Å²) in [7, 11) is 0. The number of hydrogen-bond donors (Lipinski definition) is 1. The molecule has 114 valence electrons. The first-order chi connectivity index (χ1) is 10.2. The van der Waals surface area contributed by atoms with E-state index in [1.165, 1.54) is 16.7 Å². The van der Waals surface area contributed by atoms with Gasteiger partial charge in [0, 0.05) is 23.4 Å². The van der Waals surface area contributed by atoms with Crippen LogP contribution in [0.25, 0.3) is 10.9 Å². The highest BCUT2D eigenvalue weighted by Crippen LogP contribution is 2.23. The molecule has 1 atom stereocenters. The van der Waals surface area contributed by atoms with Gasteiger partial charge in [-0.3, -0.25) is 4.98 Å². The molecule has 1 unspecified atom stereocenters. The number of thioether (sulfide) groups is 1. The van der Waals surface area contributed by atoms with Crippen molar-refractivity contribution in [3.63, 3.8) is 0 Å². The van der Waals surface area contributed by atoms with E-state index in [1.54, 1.807) is 0 Å². The Kier molecular flexibility index (Phi) is 6.52. The summed E-state index contributed by atoms with van der Waals surface area (Å²) in [6.45, 7) is 7.84. The molecule has 1 aromatic heterocycles. The van der Waals surface area contributed by atoms with Crippen molar-refractivity contribution >= 4 is 22.7 Å². The van der Waals surface area contributed by atoms with Crippen LogP contribution in [0.1, 0.15) is 38.8 Å². The first kappa shape index (κ1) is 16.3. The standard InChI is InChI=1S/C18H26N2S/c1-4-9-19-18(13-21-12-14(2)3)16-8-7-15-6-5-10-20-17(15)11-16/h5-8,10-11,14,18-19H,4,9,12-13H2,1-3H3. The van der Waals surface area contributed by atoms with Crippen molar-refractivity contribution in [1.29, 1.82) is 0 Å². The first-order valence-corrected chi connectivity index (χ1v) is 9.02. The second-order valence-electron chi connectivity index (χ2n) is 5.89. The fraction of sp³-hybridized carbons (Fsp3) is 0.500. The minimum atomic E-state index is 0.417. The fourth-order valence-corrected chi connectivity index (χ4v) is 3.47. The van der Waals surface area contributed by atoms with Crippen LogP contribution < -0.4 is 5.32 Å². The summed E-state index contributed by atoms with van der Waals surface area (Å²) < 4.78 is 0. The number of pyridine rings is 1. The van der Waals surface area contributed by atoms with Crippen LogP contribution >= 0.6 is 11.8 Å². The van der Waals surface area contributed by atoms with Gasteiger partial charge in [0.1, 0.15) is 0 Å². The van der Waals surface area contributed by atoms with Gasteiger partial charge in [-0.1, -0.05) is 39.0 Å². The summed E-state index contributed by atoms with van der Waals surface area (Å²) in [6.07, 6.45) is 3.03. The van der Waals surface area contributed by atoms with Crippen LogP contribution in [-0.2, 0) is 0 Å². The van der Waals surface area contributed by atoms with Gasteiger partial charge in [-0.2, -0.15) is 11.8 Å². The average molecular weight is 302 g/mol. The number of fused-ring (bicyclic) bond motifs is 1. The molecule has 21 heavy (non-hydrogen) atoms. The van der Waals surface area contributed by atoms with E-state index in [4.69, 9.17) is 0 Å². The predicted molar refractivity (Wildman–Crippen MR) is 94.9 cm³/mol. The zero-order chi connectivity index (χ0) is 15.1. The Balaban J connectivity index is 2.12. The molecular formula is C18H26N2S. The molecule has 1 heterocycles. The van der Waals surface area contributed by atoms with Crippen molar-refractivity contribution < 1.29 is 0 Å². The second kappa shape index (κ2) is 8.40. The monoisotopic (exact) mass is 302 g/mol. The normalized spacial score (nSPS) is 13.0. The quantitative estimate of drug-likeness (QED) is 0.767.